The van der Waals surface area contributed by atoms with E-state index in [0.717, 1.165) is 31.7 Å². The van der Waals surface area contributed by atoms with Gasteiger partial charge >= 0.3 is 5.97 Å². The molecular formula is C21H23N3O5. The van der Waals surface area contributed by atoms with E-state index in [-0.39, 0.29) is 5.91 Å². The molecule has 2 aliphatic heterocycles. The first-order valence-electron chi connectivity index (χ1n) is 9.57. The normalized spacial score (nSPS) is 17.9. The van der Waals surface area contributed by atoms with Crippen LogP contribution in [-0.2, 0) is 14.2 Å². The van der Waals surface area contributed by atoms with Gasteiger partial charge in [-0.1, -0.05) is 6.07 Å². The number of aromatic nitrogens is 1. The molecule has 0 aliphatic carbocycles. The van der Waals surface area contributed by atoms with Crippen LogP contribution in [0.3, 0.4) is 0 Å². The molecule has 1 aromatic heterocycles. The Hall–Kier alpha value is -2.97. The second-order valence-electron chi connectivity index (χ2n) is 7.02. The molecular weight excluding hydrogens is 374 g/mol. The number of esters is 1. The van der Waals surface area contributed by atoms with Crippen LogP contribution in [0.1, 0.15) is 33.6 Å². The van der Waals surface area contributed by atoms with Crippen molar-refractivity contribution in [1.29, 1.82) is 0 Å². The van der Waals surface area contributed by atoms with E-state index in [4.69, 9.17) is 14.2 Å². The van der Waals surface area contributed by atoms with Crippen molar-refractivity contribution in [3.63, 3.8) is 0 Å². The lowest BCUT2D eigenvalue weighted by Crippen LogP contribution is -2.45. The fraction of sp³-hybridized carbons (Fsp3) is 0.381. The number of pyridine rings is 1. The summed E-state index contributed by atoms with van der Waals surface area (Å²) in [5, 5.41) is 2.81. The van der Waals surface area contributed by atoms with Gasteiger partial charge in [0, 0.05) is 43.4 Å². The number of carbonyl (C=O) groups excluding carboxylic acids is 2. The van der Waals surface area contributed by atoms with E-state index in [1.165, 1.54) is 7.11 Å². The lowest BCUT2D eigenvalue weighted by Gasteiger charge is -2.38. The molecule has 4 rings (SSSR count). The lowest BCUT2D eigenvalue weighted by molar-refractivity contribution is -0.169. The third-order valence-electron chi connectivity index (χ3n) is 5.21. The molecule has 1 amide bonds. The Balaban J connectivity index is 1.43. The van der Waals surface area contributed by atoms with Crippen LogP contribution >= 0.6 is 0 Å². The van der Waals surface area contributed by atoms with Crippen LogP contribution in [0.15, 0.2) is 42.6 Å². The minimum atomic E-state index is -0.453. The van der Waals surface area contributed by atoms with Gasteiger partial charge in [-0.05, 0) is 30.3 Å². The fourth-order valence-electron chi connectivity index (χ4n) is 3.64. The van der Waals surface area contributed by atoms with E-state index in [0.29, 0.717) is 30.0 Å². The number of anilines is 2. The van der Waals surface area contributed by atoms with Crippen molar-refractivity contribution >= 4 is 23.4 Å². The lowest BCUT2D eigenvalue weighted by atomic mass is 10.0. The molecule has 0 atom stereocenters. The number of hydrogen-bond donors (Lipinski definition) is 1. The SMILES string of the molecule is COC(=O)c1cccc(NC(=O)c2ccnc(N3CCC4(CC3)OCCO4)c2)c1. The molecule has 0 unspecified atom stereocenters. The standard InChI is InChI=1S/C21H23N3O5/c1-27-20(26)16-3-2-4-17(13-16)23-19(25)15-5-8-22-18(14-15)24-9-6-21(7-10-24)28-11-12-29-21/h2-5,8,13-14H,6-7,9-12H2,1H3,(H,23,25). The topological polar surface area (TPSA) is 90.0 Å². The number of piperidine rings is 1. The minimum Gasteiger partial charge on any atom is -0.465 e. The summed E-state index contributed by atoms with van der Waals surface area (Å²) in [5.41, 5.74) is 1.39. The van der Waals surface area contributed by atoms with Gasteiger partial charge in [-0.25, -0.2) is 9.78 Å². The van der Waals surface area contributed by atoms with Gasteiger partial charge in [-0.3, -0.25) is 4.79 Å². The molecule has 2 fully saturated rings. The first kappa shape index (κ1) is 19.4. The van der Waals surface area contributed by atoms with E-state index in [1.54, 1.807) is 42.6 Å². The zero-order valence-electron chi connectivity index (χ0n) is 16.2. The second-order valence-corrected chi connectivity index (χ2v) is 7.02. The van der Waals surface area contributed by atoms with Gasteiger partial charge in [0.15, 0.2) is 5.79 Å². The predicted octanol–water partition coefficient (Wildman–Crippen LogP) is 2.46. The van der Waals surface area contributed by atoms with Gasteiger partial charge in [0.25, 0.3) is 5.91 Å². The number of amides is 1. The summed E-state index contributed by atoms with van der Waals surface area (Å²) in [6.45, 7) is 2.79. The molecule has 0 bridgehead atoms. The van der Waals surface area contributed by atoms with Crippen LogP contribution in [0.25, 0.3) is 0 Å². The van der Waals surface area contributed by atoms with E-state index >= 15 is 0 Å². The summed E-state index contributed by atoms with van der Waals surface area (Å²) in [6.07, 6.45) is 3.17. The van der Waals surface area contributed by atoms with Crippen LogP contribution in [0.5, 0.6) is 0 Å². The zero-order chi connectivity index (χ0) is 20.3. The number of benzene rings is 1. The molecule has 0 saturated carbocycles. The Labute approximate surface area is 168 Å². The highest BCUT2D eigenvalue weighted by Crippen LogP contribution is 2.32. The second kappa shape index (κ2) is 8.18. The summed E-state index contributed by atoms with van der Waals surface area (Å²) < 4.78 is 16.2. The molecule has 1 N–H and O–H groups in total. The number of nitrogens with one attached hydrogen (secondary N) is 1. The molecule has 8 nitrogen and oxygen atoms in total. The molecule has 0 radical (unpaired) electrons. The molecule has 29 heavy (non-hydrogen) atoms. The summed E-state index contributed by atoms with van der Waals surface area (Å²) in [7, 11) is 1.32. The Morgan fingerprint density at radius 3 is 2.59 bits per heavy atom. The summed E-state index contributed by atoms with van der Waals surface area (Å²) in [6, 6.07) is 10.1. The van der Waals surface area contributed by atoms with Crippen molar-refractivity contribution in [3.8, 4) is 0 Å². The molecule has 1 spiro atoms. The van der Waals surface area contributed by atoms with E-state index < -0.39 is 11.8 Å². The molecule has 2 aromatic rings. The maximum atomic E-state index is 12.7. The van der Waals surface area contributed by atoms with Gasteiger partial charge in [0.05, 0.1) is 25.9 Å². The quantitative estimate of drug-likeness (QED) is 0.793. The van der Waals surface area contributed by atoms with Crippen LogP contribution in [0.2, 0.25) is 0 Å². The molecule has 8 heteroatoms. The van der Waals surface area contributed by atoms with Gasteiger partial charge in [0.1, 0.15) is 5.82 Å². The maximum absolute atomic E-state index is 12.7. The summed E-state index contributed by atoms with van der Waals surface area (Å²) in [4.78, 5) is 30.9. The van der Waals surface area contributed by atoms with Gasteiger partial charge in [-0.2, -0.15) is 0 Å². The van der Waals surface area contributed by atoms with Crippen LogP contribution in [-0.4, -0.2) is 56.1 Å². The van der Waals surface area contributed by atoms with Crippen molar-refractivity contribution in [2.75, 3.05) is 43.6 Å². The van der Waals surface area contributed by atoms with E-state index in [9.17, 15) is 9.59 Å². The van der Waals surface area contributed by atoms with Crippen LogP contribution in [0, 0.1) is 0 Å². The predicted molar refractivity (Wildman–Crippen MR) is 106 cm³/mol. The highest BCUT2D eigenvalue weighted by Gasteiger charge is 2.40. The van der Waals surface area contributed by atoms with Crippen molar-refractivity contribution < 1.29 is 23.8 Å². The minimum absolute atomic E-state index is 0.272. The number of ether oxygens (including phenoxy) is 3. The average molecular weight is 397 g/mol. The van der Waals surface area contributed by atoms with Crippen molar-refractivity contribution in [1.82, 2.24) is 4.98 Å². The number of methoxy groups -OCH3 is 1. The Morgan fingerprint density at radius 1 is 1.10 bits per heavy atom. The highest BCUT2D eigenvalue weighted by molar-refractivity contribution is 6.05. The Kier molecular flexibility index (Phi) is 5.46. The number of nitrogens with zero attached hydrogens (tertiary/aromatic N) is 2. The monoisotopic (exact) mass is 397 g/mol. The average Bonchev–Trinajstić information content (AvgIpc) is 3.22. The number of carbonyl (C=O) groups is 2. The van der Waals surface area contributed by atoms with Gasteiger partial charge < -0.3 is 24.4 Å². The van der Waals surface area contributed by atoms with Crippen molar-refractivity contribution in [2.45, 2.75) is 18.6 Å². The summed E-state index contributed by atoms with van der Waals surface area (Å²) >= 11 is 0. The van der Waals surface area contributed by atoms with Gasteiger partial charge in [-0.15, -0.1) is 0 Å². The largest absolute Gasteiger partial charge is 0.465 e. The molecule has 1 aromatic carbocycles. The maximum Gasteiger partial charge on any atom is 0.337 e. The first-order chi connectivity index (χ1) is 14.1. The van der Waals surface area contributed by atoms with Crippen molar-refractivity contribution in [2.24, 2.45) is 0 Å². The Bertz CT molecular complexity index is 901. The van der Waals surface area contributed by atoms with E-state index in [1.807, 2.05) is 0 Å². The first-order valence-corrected chi connectivity index (χ1v) is 9.57. The Morgan fingerprint density at radius 2 is 1.86 bits per heavy atom. The number of rotatable bonds is 4. The molecule has 3 heterocycles. The van der Waals surface area contributed by atoms with Crippen molar-refractivity contribution in [3.05, 3.63) is 53.7 Å². The fourth-order valence-corrected chi connectivity index (χ4v) is 3.64. The third-order valence-corrected chi connectivity index (χ3v) is 5.21. The molecule has 152 valence electrons. The molecule has 2 saturated heterocycles. The van der Waals surface area contributed by atoms with E-state index in [2.05, 4.69) is 15.2 Å². The van der Waals surface area contributed by atoms with Crippen LogP contribution in [0.4, 0.5) is 11.5 Å². The van der Waals surface area contributed by atoms with Crippen LogP contribution < -0.4 is 10.2 Å². The third kappa shape index (κ3) is 4.23. The van der Waals surface area contributed by atoms with Gasteiger partial charge in [0.2, 0.25) is 0 Å². The molecule has 2 aliphatic rings. The zero-order valence-corrected chi connectivity index (χ0v) is 16.2. The number of hydrogen-bond acceptors (Lipinski definition) is 7. The smallest absolute Gasteiger partial charge is 0.337 e. The summed E-state index contributed by atoms with van der Waals surface area (Å²) in [5.74, 6) is -0.429. The highest BCUT2D eigenvalue weighted by atomic mass is 16.7.